The number of phenols is 2. The monoisotopic (exact) mass is 312 g/mol. The molecule has 0 aliphatic carbocycles. The van der Waals surface area contributed by atoms with E-state index >= 15 is 0 Å². The van der Waals surface area contributed by atoms with Gasteiger partial charge in [0, 0.05) is 5.92 Å². The number of hydrogen-bond acceptors (Lipinski definition) is 4. The highest BCUT2D eigenvalue weighted by Gasteiger charge is 2.14. The van der Waals surface area contributed by atoms with Crippen molar-refractivity contribution < 1.29 is 19.7 Å². The maximum Gasteiger partial charge on any atom is 0.203 e. The van der Waals surface area contributed by atoms with Gasteiger partial charge in [-0.1, -0.05) is 30.4 Å². The standard InChI is InChI=1S/C19H20O4/c1-4-14(8-5-13-6-9-16(20)10-7-13)15-11-17(21)19(23-3)18(12-15)22-2/h4-12,14,20-21H,1H2,2-3H3/b8-5-/t14-/m0/s1. The zero-order valence-corrected chi connectivity index (χ0v) is 13.2. The summed E-state index contributed by atoms with van der Waals surface area (Å²) in [5.41, 5.74) is 1.80. The van der Waals surface area contributed by atoms with Crippen molar-refractivity contribution in [3.63, 3.8) is 0 Å². The Hall–Kier alpha value is -2.88. The molecule has 1 atom stereocenters. The van der Waals surface area contributed by atoms with Crippen LogP contribution in [0.3, 0.4) is 0 Å². The van der Waals surface area contributed by atoms with E-state index in [4.69, 9.17) is 9.47 Å². The van der Waals surface area contributed by atoms with E-state index < -0.39 is 0 Å². The smallest absolute Gasteiger partial charge is 0.203 e. The van der Waals surface area contributed by atoms with Crippen molar-refractivity contribution >= 4 is 6.08 Å². The summed E-state index contributed by atoms with van der Waals surface area (Å²) in [6, 6.07) is 10.3. The number of benzene rings is 2. The Balaban J connectivity index is 2.32. The Morgan fingerprint density at radius 3 is 2.30 bits per heavy atom. The van der Waals surface area contributed by atoms with Crippen LogP contribution < -0.4 is 9.47 Å². The zero-order valence-electron chi connectivity index (χ0n) is 13.2. The van der Waals surface area contributed by atoms with Gasteiger partial charge in [0.25, 0.3) is 0 Å². The van der Waals surface area contributed by atoms with Gasteiger partial charge in [-0.2, -0.15) is 0 Å². The SMILES string of the molecule is C=C[C@@H](/C=C\c1ccc(O)cc1)c1cc(O)c(OC)c(OC)c1. The van der Waals surface area contributed by atoms with Gasteiger partial charge in [-0.05, 0) is 35.4 Å². The van der Waals surface area contributed by atoms with E-state index in [1.54, 1.807) is 24.3 Å². The lowest BCUT2D eigenvalue weighted by molar-refractivity contribution is 0.332. The minimum absolute atomic E-state index is 0.0201. The molecule has 0 aliphatic heterocycles. The lowest BCUT2D eigenvalue weighted by Gasteiger charge is -2.14. The summed E-state index contributed by atoms with van der Waals surface area (Å²) in [4.78, 5) is 0. The summed E-state index contributed by atoms with van der Waals surface area (Å²) < 4.78 is 10.4. The largest absolute Gasteiger partial charge is 0.508 e. The molecule has 0 aromatic heterocycles. The van der Waals surface area contributed by atoms with Crippen LogP contribution in [0.15, 0.2) is 55.1 Å². The Labute approximate surface area is 135 Å². The van der Waals surface area contributed by atoms with Crippen molar-refractivity contribution in [2.45, 2.75) is 5.92 Å². The number of aromatic hydroxyl groups is 2. The molecule has 0 amide bonds. The first-order valence-electron chi connectivity index (χ1n) is 7.13. The van der Waals surface area contributed by atoms with Crippen LogP contribution >= 0.6 is 0 Å². The van der Waals surface area contributed by atoms with Gasteiger partial charge in [0.1, 0.15) is 5.75 Å². The van der Waals surface area contributed by atoms with Crippen LogP contribution in [0.5, 0.6) is 23.0 Å². The molecule has 0 heterocycles. The summed E-state index contributed by atoms with van der Waals surface area (Å²) >= 11 is 0. The van der Waals surface area contributed by atoms with Crippen molar-refractivity contribution in [2.75, 3.05) is 14.2 Å². The summed E-state index contributed by atoms with van der Waals surface area (Å²) in [6.45, 7) is 3.85. The van der Waals surface area contributed by atoms with E-state index in [2.05, 4.69) is 6.58 Å². The van der Waals surface area contributed by atoms with Gasteiger partial charge in [-0.25, -0.2) is 0 Å². The van der Waals surface area contributed by atoms with E-state index in [9.17, 15) is 10.2 Å². The van der Waals surface area contributed by atoms with Gasteiger partial charge in [-0.3, -0.25) is 0 Å². The molecule has 120 valence electrons. The summed E-state index contributed by atoms with van der Waals surface area (Å²) in [5.74, 6) is 0.919. The first-order chi connectivity index (χ1) is 11.1. The fourth-order valence-corrected chi connectivity index (χ4v) is 2.28. The average Bonchev–Trinajstić information content (AvgIpc) is 2.56. The summed E-state index contributed by atoms with van der Waals surface area (Å²) in [7, 11) is 3.00. The molecule has 0 saturated carbocycles. The number of ether oxygens (including phenoxy) is 2. The average molecular weight is 312 g/mol. The summed E-state index contributed by atoms with van der Waals surface area (Å²) in [5, 5.41) is 19.4. The van der Waals surface area contributed by atoms with E-state index in [0.29, 0.717) is 11.5 Å². The van der Waals surface area contributed by atoms with Gasteiger partial charge >= 0.3 is 0 Å². The second kappa shape index (κ2) is 7.40. The molecule has 0 bridgehead atoms. The highest BCUT2D eigenvalue weighted by atomic mass is 16.5. The second-order valence-electron chi connectivity index (χ2n) is 4.99. The fraction of sp³-hybridized carbons (Fsp3) is 0.158. The number of allylic oxidation sites excluding steroid dienone is 2. The predicted octanol–water partition coefficient (Wildman–Crippen LogP) is 4.10. The van der Waals surface area contributed by atoms with Crippen LogP contribution in [-0.4, -0.2) is 24.4 Å². The Morgan fingerprint density at radius 2 is 1.74 bits per heavy atom. The Bertz CT molecular complexity index is 702. The molecule has 2 aromatic carbocycles. The van der Waals surface area contributed by atoms with Crippen LogP contribution in [0.1, 0.15) is 17.0 Å². The minimum Gasteiger partial charge on any atom is -0.508 e. The van der Waals surface area contributed by atoms with Crippen molar-refractivity contribution in [3.05, 3.63) is 66.3 Å². The molecule has 23 heavy (non-hydrogen) atoms. The lowest BCUT2D eigenvalue weighted by Crippen LogP contribution is -1.96. The van der Waals surface area contributed by atoms with E-state index in [1.165, 1.54) is 14.2 Å². The molecular formula is C19H20O4. The zero-order chi connectivity index (χ0) is 16.8. The second-order valence-corrected chi connectivity index (χ2v) is 4.99. The Morgan fingerprint density at radius 1 is 1.04 bits per heavy atom. The topological polar surface area (TPSA) is 58.9 Å². The maximum absolute atomic E-state index is 10.1. The lowest BCUT2D eigenvalue weighted by atomic mass is 9.97. The van der Waals surface area contributed by atoms with Crippen molar-refractivity contribution in [1.29, 1.82) is 0 Å². The van der Waals surface area contributed by atoms with Crippen LogP contribution in [0, 0.1) is 0 Å². The van der Waals surface area contributed by atoms with E-state index in [1.807, 2.05) is 30.4 Å². The van der Waals surface area contributed by atoms with Crippen LogP contribution in [0.4, 0.5) is 0 Å². The summed E-state index contributed by atoms with van der Waals surface area (Å²) in [6.07, 6.45) is 5.66. The number of phenolic OH excluding ortho intramolecular Hbond substituents is 2. The van der Waals surface area contributed by atoms with Crippen LogP contribution in [0.2, 0.25) is 0 Å². The van der Waals surface area contributed by atoms with Crippen LogP contribution in [0.25, 0.3) is 6.08 Å². The normalized spacial score (nSPS) is 12.1. The molecule has 4 nitrogen and oxygen atoms in total. The number of hydrogen-bond donors (Lipinski definition) is 2. The first-order valence-corrected chi connectivity index (χ1v) is 7.13. The number of methoxy groups -OCH3 is 2. The molecule has 0 saturated heterocycles. The molecule has 0 aliphatic rings. The van der Waals surface area contributed by atoms with Crippen LogP contribution in [-0.2, 0) is 0 Å². The fourth-order valence-electron chi connectivity index (χ4n) is 2.28. The maximum atomic E-state index is 10.1. The van der Waals surface area contributed by atoms with Gasteiger partial charge in [0.05, 0.1) is 14.2 Å². The third kappa shape index (κ3) is 3.86. The van der Waals surface area contributed by atoms with Gasteiger partial charge < -0.3 is 19.7 Å². The quantitative estimate of drug-likeness (QED) is 0.789. The first kappa shape index (κ1) is 16.5. The third-order valence-electron chi connectivity index (χ3n) is 3.51. The molecular weight excluding hydrogens is 292 g/mol. The predicted molar refractivity (Wildman–Crippen MR) is 91.3 cm³/mol. The molecule has 2 aromatic rings. The highest BCUT2D eigenvalue weighted by Crippen LogP contribution is 2.39. The molecule has 0 radical (unpaired) electrons. The van der Waals surface area contributed by atoms with Crippen molar-refractivity contribution in [3.8, 4) is 23.0 Å². The van der Waals surface area contributed by atoms with E-state index in [0.717, 1.165) is 11.1 Å². The molecule has 0 fully saturated rings. The Kier molecular flexibility index (Phi) is 5.31. The number of rotatable bonds is 6. The van der Waals surface area contributed by atoms with Gasteiger partial charge in [-0.15, -0.1) is 6.58 Å². The molecule has 0 unspecified atom stereocenters. The van der Waals surface area contributed by atoms with E-state index in [-0.39, 0.29) is 17.4 Å². The van der Waals surface area contributed by atoms with Gasteiger partial charge in [0.2, 0.25) is 5.75 Å². The van der Waals surface area contributed by atoms with Crippen molar-refractivity contribution in [1.82, 2.24) is 0 Å². The molecule has 2 rings (SSSR count). The molecule has 4 heteroatoms. The minimum atomic E-state index is -0.102. The third-order valence-corrected chi connectivity index (χ3v) is 3.51. The highest BCUT2D eigenvalue weighted by molar-refractivity contribution is 5.57. The van der Waals surface area contributed by atoms with Crippen molar-refractivity contribution in [2.24, 2.45) is 0 Å². The van der Waals surface area contributed by atoms with Gasteiger partial charge in [0.15, 0.2) is 11.5 Å². The molecule has 0 spiro atoms. The molecule has 2 N–H and O–H groups in total.